The maximum absolute atomic E-state index is 12.9. The molecule has 1 amide bonds. The Labute approximate surface area is 153 Å². The first-order valence-electron chi connectivity index (χ1n) is 8.81. The van der Waals surface area contributed by atoms with Crippen molar-refractivity contribution in [3.63, 3.8) is 0 Å². The molecule has 0 spiro atoms. The van der Waals surface area contributed by atoms with Crippen molar-refractivity contribution >= 4 is 17.4 Å². The van der Waals surface area contributed by atoms with E-state index in [1.165, 1.54) is 5.56 Å². The predicted octanol–water partition coefficient (Wildman–Crippen LogP) is 3.77. The van der Waals surface area contributed by atoms with Crippen LogP contribution in [0.5, 0.6) is 0 Å². The minimum absolute atomic E-state index is 0.155. The van der Waals surface area contributed by atoms with Crippen molar-refractivity contribution in [3.05, 3.63) is 71.4 Å². The summed E-state index contributed by atoms with van der Waals surface area (Å²) in [5, 5.41) is 13.9. The highest BCUT2D eigenvalue weighted by molar-refractivity contribution is 5.97. The number of aromatic nitrogens is 3. The summed E-state index contributed by atoms with van der Waals surface area (Å²) in [6.07, 6.45) is 0.985. The largest absolute Gasteiger partial charge is 0.337 e. The van der Waals surface area contributed by atoms with E-state index in [0.717, 1.165) is 17.7 Å². The van der Waals surface area contributed by atoms with Gasteiger partial charge in [-0.15, -0.1) is 10.2 Å². The van der Waals surface area contributed by atoms with Crippen molar-refractivity contribution in [3.8, 4) is 0 Å². The fraction of sp³-hybridized carbons (Fsp3) is 0.250. The smallest absolute Gasteiger partial charge is 0.278 e. The van der Waals surface area contributed by atoms with Crippen molar-refractivity contribution in [1.82, 2.24) is 20.3 Å². The number of rotatable bonds is 7. The van der Waals surface area contributed by atoms with E-state index in [1.807, 2.05) is 49.4 Å². The van der Waals surface area contributed by atoms with Gasteiger partial charge < -0.3 is 10.2 Å². The molecule has 0 aliphatic rings. The summed E-state index contributed by atoms with van der Waals surface area (Å²) >= 11 is 0. The van der Waals surface area contributed by atoms with Gasteiger partial charge in [-0.1, -0.05) is 49.4 Å². The summed E-state index contributed by atoms with van der Waals surface area (Å²) in [4.78, 5) is 14.7. The Morgan fingerprint density at radius 3 is 2.38 bits per heavy atom. The van der Waals surface area contributed by atoms with Crippen molar-refractivity contribution in [2.24, 2.45) is 0 Å². The van der Waals surface area contributed by atoms with Crippen LogP contribution < -0.4 is 5.32 Å². The zero-order valence-electron chi connectivity index (χ0n) is 15.1. The van der Waals surface area contributed by atoms with E-state index in [-0.39, 0.29) is 5.91 Å². The normalized spacial score (nSPS) is 10.5. The molecule has 0 atom stereocenters. The molecular formula is C20H23N5O. The lowest BCUT2D eigenvalue weighted by atomic mass is 10.1. The van der Waals surface area contributed by atoms with Gasteiger partial charge in [0.05, 0.1) is 0 Å². The van der Waals surface area contributed by atoms with E-state index in [9.17, 15) is 4.79 Å². The van der Waals surface area contributed by atoms with Crippen LogP contribution in [0.2, 0.25) is 0 Å². The van der Waals surface area contributed by atoms with Gasteiger partial charge in [0.15, 0.2) is 11.5 Å². The molecule has 0 saturated heterocycles. The molecule has 1 heterocycles. The summed E-state index contributed by atoms with van der Waals surface area (Å²) in [5.74, 6) is 0.281. The highest BCUT2D eigenvalue weighted by atomic mass is 16.2. The van der Waals surface area contributed by atoms with Crippen LogP contribution in [-0.4, -0.2) is 32.8 Å². The van der Waals surface area contributed by atoms with Crippen molar-refractivity contribution < 1.29 is 4.79 Å². The Balaban J connectivity index is 1.76. The topological polar surface area (TPSA) is 73.9 Å². The Kier molecular flexibility index (Phi) is 5.63. The summed E-state index contributed by atoms with van der Waals surface area (Å²) < 4.78 is 0. The number of hydrogen-bond acceptors (Lipinski definition) is 4. The number of anilines is 2. The number of aromatic amines is 1. The van der Waals surface area contributed by atoms with Crippen LogP contribution in [0.25, 0.3) is 0 Å². The minimum atomic E-state index is -0.155. The van der Waals surface area contributed by atoms with E-state index < -0.39 is 0 Å². The molecule has 0 aliphatic carbocycles. The molecular weight excluding hydrogens is 326 g/mol. The summed E-state index contributed by atoms with van der Waals surface area (Å²) in [6, 6.07) is 18.0. The Morgan fingerprint density at radius 1 is 1.00 bits per heavy atom. The summed E-state index contributed by atoms with van der Waals surface area (Å²) in [7, 11) is 0. The number of nitrogens with one attached hydrogen (secondary N) is 2. The van der Waals surface area contributed by atoms with Gasteiger partial charge in [-0.05, 0) is 36.6 Å². The van der Waals surface area contributed by atoms with Gasteiger partial charge in [0.1, 0.15) is 0 Å². The van der Waals surface area contributed by atoms with E-state index in [2.05, 4.69) is 39.8 Å². The lowest BCUT2D eigenvalue weighted by Gasteiger charge is -2.20. The van der Waals surface area contributed by atoms with Crippen LogP contribution in [0, 0.1) is 0 Å². The van der Waals surface area contributed by atoms with Gasteiger partial charge in [-0.3, -0.25) is 4.79 Å². The molecule has 3 aromatic rings. The maximum atomic E-state index is 12.9. The SMILES string of the molecule is CCc1ccc(Nc2n[nH]nc2C(=O)N(CC)Cc2ccccc2)cc1. The van der Waals surface area contributed by atoms with Crippen molar-refractivity contribution in [2.75, 3.05) is 11.9 Å². The molecule has 0 fully saturated rings. The first-order valence-corrected chi connectivity index (χ1v) is 8.81. The highest BCUT2D eigenvalue weighted by Crippen LogP contribution is 2.19. The molecule has 2 aromatic carbocycles. The van der Waals surface area contributed by atoms with E-state index in [1.54, 1.807) is 4.90 Å². The van der Waals surface area contributed by atoms with E-state index in [0.29, 0.717) is 24.6 Å². The average Bonchev–Trinajstić information content (AvgIpc) is 3.15. The molecule has 2 N–H and O–H groups in total. The zero-order chi connectivity index (χ0) is 18.4. The Morgan fingerprint density at radius 2 is 1.73 bits per heavy atom. The van der Waals surface area contributed by atoms with Crippen molar-refractivity contribution in [1.29, 1.82) is 0 Å². The van der Waals surface area contributed by atoms with Crippen LogP contribution >= 0.6 is 0 Å². The van der Waals surface area contributed by atoms with Gasteiger partial charge in [0, 0.05) is 18.8 Å². The minimum Gasteiger partial charge on any atom is -0.337 e. The molecule has 0 aliphatic heterocycles. The number of nitrogens with zero attached hydrogens (tertiary/aromatic N) is 3. The summed E-state index contributed by atoms with van der Waals surface area (Å²) in [5.41, 5.74) is 3.50. The third kappa shape index (κ3) is 4.08. The number of hydrogen-bond donors (Lipinski definition) is 2. The van der Waals surface area contributed by atoms with Gasteiger partial charge in [0.2, 0.25) is 0 Å². The molecule has 26 heavy (non-hydrogen) atoms. The monoisotopic (exact) mass is 349 g/mol. The molecule has 1 aromatic heterocycles. The molecule has 0 saturated carbocycles. The molecule has 6 nitrogen and oxygen atoms in total. The molecule has 3 rings (SSSR count). The van der Waals surface area contributed by atoms with Gasteiger partial charge in [-0.2, -0.15) is 5.21 Å². The Hall–Kier alpha value is -3.15. The number of carbonyl (C=O) groups is 1. The lowest BCUT2D eigenvalue weighted by Crippen LogP contribution is -2.31. The van der Waals surface area contributed by atoms with Crippen molar-refractivity contribution in [2.45, 2.75) is 26.8 Å². The van der Waals surface area contributed by atoms with Gasteiger partial charge in [0.25, 0.3) is 5.91 Å². The standard InChI is InChI=1S/C20H23N5O/c1-3-15-10-12-17(13-11-15)21-19-18(22-24-23-19)20(26)25(4-2)14-16-8-6-5-7-9-16/h5-13H,3-4,14H2,1-2H3,(H2,21,22,23,24). The molecule has 134 valence electrons. The third-order valence-electron chi connectivity index (χ3n) is 4.26. The number of amides is 1. The Bertz CT molecular complexity index is 842. The third-order valence-corrected chi connectivity index (χ3v) is 4.26. The first kappa shape index (κ1) is 17.7. The van der Waals surface area contributed by atoms with E-state index in [4.69, 9.17) is 0 Å². The molecule has 6 heteroatoms. The zero-order valence-corrected chi connectivity index (χ0v) is 15.1. The second-order valence-electron chi connectivity index (χ2n) is 6.00. The van der Waals surface area contributed by atoms with Gasteiger partial charge >= 0.3 is 0 Å². The second-order valence-corrected chi connectivity index (χ2v) is 6.00. The average molecular weight is 349 g/mol. The van der Waals surface area contributed by atoms with Crippen LogP contribution in [-0.2, 0) is 13.0 Å². The van der Waals surface area contributed by atoms with Crippen LogP contribution in [0.1, 0.15) is 35.5 Å². The van der Waals surface area contributed by atoms with Crippen LogP contribution in [0.3, 0.4) is 0 Å². The predicted molar refractivity (Wildman–Crippen MR) is 102 cm³/mol. The fourth-order valence-corrected chi connectivity index (χ4v) is 2.71. The molecule has 0 radical (unpaired) electrons. The lowest BCUT2D eigenvalue weighted by molar-refractivity contribution is 0.0747. The van der Waals surface area contributed by atoms with Crippen LogP contribution in [0.15, 0.2) is 54.6 Å². The fourth-order valence-electron chi connectivity index (χ4n) is 2.71. The highest BCUT2D eigenvalue weighted by Gasteiger charge is 2.22. The van der Waals surface area contributed by atoms with Crippen LogP contribution in [0.4, 0.5) is 11.5 Å². The van der Waals surface area contributed by atoms with E-state index >= 15 is 0 Å². The number of benzene rings is 2. The number of carbonyl (C=O) groups excluding carboxylic acids is 1. The molecule has 0 bridgehead atoms. The maximum Gasteiger partial charge on any atom is 0.278 e. The quantitative estimate of drug-likeness (QED) is 0.681. The molecule has 0 unspecified atom stereocenters. The first-order chi connectivity index (χ1) is 12.7. The second kappa shape index (κ2) is 8.29. The summed E-state index contributed by atoms with van der Waals surface area (Å²) in [6.45, 7) is 5.19. The van der Waals surface area contributed by atoms with Gasteiger partial charge in [-0.25, -0.2) is 0 Å². The number of H-pyrrole nitrogens is 1. The number of aryl methyl sites for hydroxylation is 1.